The summed E-state index contributed by atoms with van der Waals surface area (Å²) in [7, 11) is 0. The first kappa shape index (κ1) is 20.7. The van der Waals surface area contributed by atoms with Crippen LogP contribution in [-0.2, 0) is 19.3 Å². The zero-order valence-corrected chi connectivity index (χ0v) is 18.4. The fourth-order valence-electron chi connectivity index (χ4n) is 3.76. The standard InChI is InChI=1S/C27H28N4/c1-4-23-13-5-6-14-24(23)28-27-30-25(17-21-11-7-9-19(2)15-21)29-26(31-27)18-22-12-8-10-20(3)16-22/h5-16H,4,17-18H2,1-3H3,(H,28,29,30,31). The van der Waals surface area contributed by atoms with Crippen LogP contribution in [0.2, 0.25) is 0 Å². The molecule has 4 aromatic rings. The van der Waals surface area contributed by atoms with Gasteiger partial charge in [-0.1, -0.05) is 84.8 Å². The van der Waals surface area contributed by atoms with Crippen LogP contribution in [0.4, 0.5) is 11.6 Å². The average molecular weight is 409 g/mol. The highest BCUT2D eigenvalue weighted by Crippen LogP contribution is 2.20. The number of hydrogen-bond acceptors (Lipinski definition) is 4. The van der Waals surface area contributed by atoms with Gasteiger partial charge >= 0.3 is 0 Å². The highest BCUT2D eigenvalue weighted by Gasteiger charge is 2.10. The van der Waals surface area contributed by atoms with E-state index in [-0.39, 0.29) is 0 Å². The van der Waals surface area contributed by atoms with Gasteiger partial charge in [0.05, 0.1) is 0 Å². The average Bonchev–Trinajstić information content (AvgIpc) is 2.74. The molecule has 4 heteroatoms. The Balaban J connectivity index is 1.68. The van der Waals surface area contributed by atoms with Crippen molar-refractivity contribution in [3.8, 4) is 0 Å². The summed E-state index contributed by atoms with van der Waals surface area (Å²) in [5, 5.41) is 3.44. The molecule has 0 aliphatic heterocycles. The van der Waals surface area contributed by atoms with Crippen molar-refractivity contribution in [1.29, 1.82) is 0 Å². The Morgan fingerprint density at radius 3 is 1.81 bits per heavy atom. The van der Waals surface area contributed by atoms with Gasteiger partial charge in [0.2, 0.25) is 5.95 Å². The lowest BCUT2D eigenvalue weighted by atomic mass is 10.1. The molecule has 0 radical (unpaired) electrons. The van der Waals surface area contributed by atoms with E-state index in [1.807, 2.05) is 6.07 Å². The fourth-order valence-corrected chi connectivity index (χ4v) is 3.76. The van der Waals surface area contributed by atoms with E-state index < -0.39 is 0 Å². The Hall–Kier alpha value is -3.53. The van der Waals surface area contributed by atoms with Crippen LogP contribution >= 0.6 is 0 Å². The molecule has 0 saturated heterocycles. The molecule has 4 nitrogen and oxygen atoms in total. The minimum absolute atomic E-state index is 0.598. The SMILES string of the molecule is CCc1ccccc1Nc1nc(Cc2cccc(C)c2)nc(Cc2cccc(C)c2)n1. The van der Waals surface area contributed by atoms with Crippen LogP contribution in [0.5, 0.6) is 0 Å². The van der Waals surface area contributed by atoms with Crippen LogP contribution in [0.3, 0.4) is 0 Å². The lowest BCUT2D eigenvalue weighted by Gasteiger charge is -2.12. The van der Waals surface area contributed by atoms with Crippen LogP contribution in [0.15, 0.2) is 72.8 Å². The van der Waals surface area contributed by atoms with Gasteiger partial charge in [-0.3, -0.25) is 0 Å². The second-order valence-electron chi connectivity index (χ2n) is 7.96. The van der Waals surface area contributed by atoms with Crippen molar-refractivity contribution in [3.05, 3.63) is 112 Å². The third-order valence-electron chi connectivity index (χ3n) is 5.26. The maximum Gasteiger partial charge on any atom is 0.230 e. The summed E-state index contributed by atoms with van der Waals surface area (Å²) in [5.41, 5.74) is 7.16. The summed E-state index contributed by atoms with van der Waals surface area (Å²) >= 11 is 0. The van der Waals surface area contributed by atoms with Gasteiger partial charge in [-0.05, 0) is 43.0 Å². The molecule has 0 fully saturated rings. The number of nitrogens with one attached hydrogen (secondary N) is 1. The van der Waals surface area contributed by atoms with Gasteiger partial charge in [0.1, 0.15) is 11.6 Å². The third kappa shape index (κ3) is 5.54. The van der Waals surface area contributed by atoms with Gasteiger partial charge in [0.15, 0.2) is 0 Å². The highest BCUT2D eigenvalue weighted by molar-refractivity contribution is 5.58. The molecule has 4 rings (SSSR count). The molecular weight excluding hydrogens is 380 g/mol. The quantitative estimate of drug-likeness (QED) is 0.409. The predicted molar refractivity (Wildman–Crippen MR) is 127 cm³/mol. The smallest absolute Gasteiger partial charge is 0.230 e. The van der Waals surface area contributed by atoms with Crippen molar-refractivity contribution >= 4 is 11.6 Å². The number of hydrogen-bond donors (Lipinski definition) is 1. The largest absolute Gasteiger partial charge is 0.324 e. The second-order valence-corrected chi connectivity index (χ2v) is 7.96. The monoisotopic (exact) mass is 408 g/mol. The van der Waals surface area contributed by atoms with Crippen LogP contribution < -0.4 is 5.32 Å². The minimum Gasteiger partial charge on any atom is -0.324 e. The molecule has 31 heavy (non-hydrogen) atoms. The van der Waals surface area contributed by atoms with Gasteiger partial charge in [0, 0.05) is 18.5 Å². The maximum atomic E-state index is 4.81. The van der Waals surface area contributed by atoms with Crippen LogP contribution in [0.1, 0.15) is 46.4 Å². The molecule has 1 heterocycles. The van der Waals surface area contributed by atoms with Crippen molar-refractivity contribution in [2.75, 3.05) is 5.32 Å². The zero-order valence-electron chi connectivity index (χ0n) is 18.4. The van der Waals surface area contributed by atoms with Crippen molar-refractivity contribution in [1.82, 2.24) is 15.0 Å². The van der Waals surface area contributed by atoms with E-state index >= 15 is 0 Å². The van der Waals surface area contributed by atoms with Gasteiger partial charge in [-0.15, -0.1) is 0 Å². The lowest BCUT2D eigenvalue weighted by Crippen LogP contribution is -2.09. The minimum atomic E-state index is 0.598. The molecule has 0 saturated carbocycles. The normalized spacial score (nSPS) is 10.8. The Labute approximate surface area is 184 Å². The number of nitrogens with zero attached hydrogens (tertiary/aromatic N) is 3. The summed E-state index contributed by atoms with van der Waals surface area (Å²) in [5.74, 6) is 2.15. The lowest BCUT2D eigenvalue weighted by molar-refractivity contribution is 0.855. The first-order valence-electron chi connectivity index (χ1n) is 10.8. The van der Waals surface area contributed by atoms with E-state index in [9.17, 15) is 0 Å². The summed E-state index contributed by atoms with van der Waals surface area (Å²) in [6.45, 7) is 6.36. The summed E-state index contributed by atoms with van der Waals surface area (Å²) < 4.78 is 0. The van der Waals surface area contributed by atoms with E-state index in [1.54, 1.807) is 0 Å². The Kier molecular flexibility index (Phi) is 6.37. The van der Waals surface area contributed by atoms with Gasteiger partial charge in [0.25, 0.3) is 0 Å². The molecule has 0 spiro atoms. The van der Waals surface area contributed by atoms with E-state index in [4.69, 9.17) is 15.0 Å². The van der Waals surface area contributed by atoms with Crippen molar-refractivity contribution in [2.24, 2.45) is 0 Å². The maximum absolute atomic E-state index is 4.81. The Bertz CT molecular complexity index is 1120. The molecule has 0 atom stereocenters. The summed E-state index contributed by atoms with van der Waals surface area (Å²) in [6.07, 6.45) is 2.30. The van der Waals surface area contributed by atoms with Crippen LogP contribution in [-0.4, -0.2) is 15.0 Å². The first-order chi connectivity index (χ1) is 15.1. The molecular formula is C27H28N4. The molecule has 1 N–H and O–H groups in total. The highest BCUT2D eigenvalue weighted by atomic mass is 15.2. The number of aromatic nitrogens is 3. The van der Waals surface area contributed by atoms with Gasteiger partial charge < -0.3 is 5.32 Å². The van der Waals surface area contributed by atoms with E-state index in [1.165, 1.54) is 27.8 Å². The molecule has 0 amide bonds. The summed E-state index contributed by atoms with van der Waals surface area (Å²) in [6, 6.07) is 25.3. The second kappa shape index (κ2) is 9.52. The van der Waals surface area contributed by atoms with Crippen LogP contribution in [0, 0.1) is 13.8 Å². The van der Waals surface area contributed by atoms with E-state index in [2.05, 4.69) is 92.8 Å². The fraction of sp³-hybridized carbons (Fsp3) is 0.222. The molecule has 1 aromatic heterocycles. The Morgan fingerprint density at radius 2 is 1.26 bits per heavy atom. The molecule has 156 valence electrons. The molecule has 3 aromatic carbocycles. The topological polar surface area (TPSA) is 50.7 Å². The number of anilines is 2. The predicted octanol–water partition coefficient (Wildman–Crippen LogP) is 5.98. The molecule has 0 bridgehead atoms. The Morgan fingerprint density at radius 1 is 0.677 bits per heavy atom. The van der Waals surface area contributed by atoms with E-state index in [0.29, 0.717) is 18.8 Å². The number of benzene rings is 3. The number of para-hydroxylation sites is 1. The van der Waals surface area contributed by atoms with Crippen LogP contribution in [0.25, 0.3) is 0 Å². The third-order valence-corrected chi connectivity index (χ3v) is 5.26. The van der Waals surface area contributed by atoms with Crippen molar-refractivity contribution < 1.29 is 0 Å². The van der Waals surface area contributed by atoms with Gasteiger partial charge in [-0.2, -0.15) is 9.97 Å². The van der Waals surface area contributed by atoms with Crippen molar-refractivity contribution in [3.63, 3.8) is 0 Å². The van der Waals surface area contributed by atoms with E-state index in [0.717, 1.165) is 23.8 Å². The number of rotatable bonds is 7. The molecule has 0 unspecified atom stereocenters. The first-order valence-corrected chi connectivity index (χ1v) is 10.8. The molecule has 0 aliphatic rings. The number of aryl methyl sites for hydroxylation is 3. The van der Waals surface area contributed by atoms with Crippen molar-refractivity contribution in [2.45, 2.75) is 40.0 Å². The molecule has 0 aliphatic carbocycles. The summed E-state index contributed by atoms with van der Waals surface area (Å²) in [4.78, 5) is 14.3. The van der Waals surface area contributed by atoms with Gasteiger partial charge in [-0.25, -0.2) is 4.98 Å². The zero-order chi connectivity index (χ0) is 21.6.